The molecule has 102 valence electrons. The number of ether oxygens (including phenoxy) is 1. The summed E-state index contributed by atoms with van der Waals surface area (Å²) < 4.78 is 5.75. The first-order valence-corrected chi connectivity index (χ1v) is 6.47. The lowest BCUT2D eigenvalue weighted by molar-refractivity contribution is 0.209. The number of nitrogens with zero attached hydrogens (tertiary/aromatic N) is 2. The van der Waals surface area contributed by atoms with E-state index in [0.717, 1.165) is 30.7 Å². The first-order valence-electron chi connectivity index (χ1n) is 6.47. The van der Waals surface area contributed by atoms with Gasteiger partial charge in [0.25, 0.3) is 0 Å². The van der Waals surface area contributed by atoms with Gasteiger partial charge in [0.1, 0.15) is 0 Å². The number of benzene rings is 1. The summed E-state index contributed by atoms with van der Waals surface area (Å²) in [7, 11) is 0. The topological polar surface area (TPSA) is 47.0 Å². The van der Waals surface area contributed by atoms with Crippen LogP contribution in [0, 0.1) is 5.92 Å². The van der Waals surface area contributed by atoms with E-state index in [0.29, 0.717) is 11.8 Å². The summed E-state index contributed by atoms with van der Waals surface area (Å²) in [5, 5.41) is 3.35. The molecule has 0 radical (unpaired) electrons. The normalized spacial score (nSPS) is 16.0. The molecule has 0 saturated carbocycles. The average molecular weight is 280 g/mol. The zero-order chi connectivity index (χ0) is 12.2. The van der Waals surface area contributed by atoms with E-state index in [1.54, 1.807) is 6.20 Å². The predicted molar refractivity (Wildman–Crippen MR) is 77.9 cm³/mol. The summed E-state index contributed by atoms with van der Waals surface area (Å²) in [4.78, 5) is 8.80. The van der Waals surface area contributed by atoms with Crippen LogP contribution in [0.25, 0.3) is 11.0 Å². The minimum absolute atomic E-state index is 0. The Morgan fingerprint density at radius 2 is 1.89 bits per heavy atom. The van der Waals surface area contributed by atoms with E-state index >= 15 is 0 Å². The van der Waals surface area contributed by atoms with Crippen molar-refractivity contribution in [2.45, 2.75) is 12.8 Å². The van der Waals surface area contributed by atoms with E-state index in [9.17, 15) is 0 Å². The lowest BCUT2D eigenvalue weighted by Crippen LogP contribution is -2.30. The highest BCUT2D eigenvalue weighted by Crippen LogP contribution is 2.16. The maximum absolute atomic E-state index is 5.75. The van der Waals surface area contributed by atoms with Gasteiger partial charge < -0.3 is 10.1 Å². The van der Waals surface area contributed by atoms with Gasteiger partial charge in [0.2, 0.25) is 5.88 Å². The van der Waals surface area contributed by atoms with Crippen LogP contribution in [-0.2, 0) is 0 Å². The van der Waals surface area contributed by atoms with Gasteiger partial charge in [-0.15, -0.1) is 12.4 Å². The standard InChI is InChI=1S/C14H17N3O.ClH/c1-2-4-13-12(3-1)16-9-14(17-13)18-10-11-5-7-15-8-6-11;/h1-4,9,11,15H,5-8,10H2;1H. The average Bonchev–Trinajstić information content (AvgIpc) is 2.46. The number of halogens is 1. The largest absolute Gasteiger partial charge is 0.476 e. The van der Waals surface area contributed by atoms with E-state index in [1.807, 2.05) is 24.3 Å². The quantitative estimate of drug-likeness (QED) is 0.937. The molecule has 0 unspecified atom stereocenters. The molecule has 0 atom stereocenters. The number of nitrogens with one attached hydrogen (secondary N) is 1. The highest BCUT2D eigenvalue weighted by molar-refractivity contribution is 5.85. The molecule has 1 fully saturated rings. The minimum Gasteiger partial charge on any atom is -0.476 e. The Bertz CT molecular complexity index is 529. The summed E-state index contributed by atoms with van der Waals surface area (Å²) in [5.74, 6) is 1.27. The van der Waals surface area contributed by atoms with Gasteiger partial charge in [0.15, 0.2) is 0 Å². The molecule has 1 aromatic heterocycles. The molecule has 0 bridgehead atoms. The number of piperidine rings is 1. The van der Waals surface area contributed by atoms with E-state index in [-0.39, 0.29) is 12.4 Å². The third kappa shape index (κ3) is 3.55. The van der Waals surface area contributed by atoms with Crippen molar-refractivity contribution in [2.75, 3.05) is 19.7 Å². The summed E-state index contributed by atoms with van der Waals surface area (Å²) in [6.45, 7) is 2.93. The Hall–Kier alpha value is -1.39. The number of hydrogen-bond donors (Lipinski definition) is 1. The first kappa shape index (κ1) is 14.0. The number of rotatable bonds is 3. The highest BCUT2D eigenvalue weighted by atomic mass is 35.5. The molecular weight excluding hydrogens is 262 g/mol. The van der Waals surface area contributed by atoms with E-state index in [1.165, 1.54) is 12.8 Å². The lowest BCUT2D eigenvalue weighted by Gasteiger charge is -2.22. The highest BCUT2D eigenvalue weighted by Gasteiger charge is 2.13. The molecule has 1 aliphatic heterocycles. The molecule has 5 heteroatoms. The second kappa shape index (κ2) is 6.68. The van der Waals surface area contributed by atoms with Crippen molar-refractivity contribution in [2.24, 2.45) is 5.92 Å². The van der Waals surface area contributed by atoms with Crippen molar-refractivity contribution in [3.63, 3.8) is 0 Å². The number of para-hydroxylation sites is 2. The van der Waals surface area contributed by atoms with Crippen LogP contribution >= 0.6 is 12.4 Å². The number of fused-ring (bicyclic) bond motifs is 1. The first-order chi connectivity index (χ1) is 8.92. The maximum Gasteiger partial charge on any atom is 0.232 e. The maximum atomic E-state index is 5.75. The molecule has 3 rings (SSSR count). The molecule has 0 amide bonds. The van der Waals surface area contributed by atoms with Crippen LogP contribution in [0.4, 0.5) is 0 Å². The number of hydrogen-bond acceptors (Lipinski definition) is 4. The van der Waals surface area contributed by atoms with Crippen LogP contribution < -0.4 is 10.1 Å². The SMILES string of the molecule is Cl.c1ccc2nc(OCC3CCNCC3)cnc2c1. The monoisotopic (exact) mass is 279 g/mol. The molecule has 1 aromatic carbocycles. The summed E-state index contributed by atoms with van der Waals surface area (Å²) in [6.07, 6.45) is 4.07. The molecule has 0 aliphatic carbocycles. The fraction of sp³-hybridized carbons (Fsp3) is 0.429. The van der Waals surface area contributed by atoms with Crippen LogP contribution in [0.5, 0.6) is 5.88 Å². The third-order valence-corrected chi connectivity index (χ3v) is 3.35. The summed E-state index contributed by atoms with van der Waals surface area (Å²) in [6, 6.07) is 7.85. The Morgan fingerprint density at radius 3 is 2.68 bits per heavy atom. The molecule has 4 nitrogen and oxygen atoms in total. The molecule has 0 spiro atoms. The van der Waals surface area contributed by atoms with Crippen LogP contribution in [0.15, 0.2) is 30.5 Å². The number of aromatic nitrogens is 2. The molecule has 1 N–H and O–H groups in total. The molecule has 2 aromatic rings. The summed E-state index contributed by atoms with van der Waals surface area (Å²) in [5.41, 5.74) is 1.80. The third-order valence-electron chi connectivity index (χ3n) is 3.35. The van der Waals surface area contributed by atoms with Crippen LogP contribution in [0.3, 0.4) is 0 Å². The second-order valence-electron chi connectivity index (χ2n) is 4.70. The smallest absolute Gasteiger partial charge is 0.232 e. The van der Waals surface area contributed by atoms with Gasteiger partial charge in [-0.3, -0.25) is 0 Å². The van der Waals surface area contributed by atoms with Gasteiger partial charge in [-0.2, -0.15) is 0 Å². The van der Waals surface area contributed by atoms with E-state index < -0.39 is 0 Å². The molecule has 2 heterocycles. The molecule has 19 heavy (non-hydrogen) atoms. The van der Waals surface area contributed by atoms with E-state index in [2.05, 4.69) is 15.3 Å². The Balaban J connectivity index is 0.00000133. The van der Waals surface area contributed by atoms with Gasteiger partial charge in [-0.1, -0.05) is 12.1 Å². The van der Waals surface area contributed by atoms with Gasteiger partial charge >= 0.3 is 0 Å². The van der Waals surface area contributed by atoms with E-state index in [4.69, 9.17) is 4.74 Å². The van der Waals surface area contributed by atoms with Crippen molar-refractivity contribution < 1.29 is 4.74 Å². The minimum atomic E-state index is 0. The van der Waals surface area contributed by atoms with Crippen molar-refractivity contribution in [1.29, 1.82) is 0 Å². The van der Waals surface area contributed by atoms with Crippen molar-refractivity contribution >= 4 is 23.4 Å². The fourth-order valence-corrected chi connectivity index (χ4v) is 2.26. The molecule has 1 saturated heterocycles. The Labute approximate surface area is 119 Å². The van der Waals surface area contributed by atoms with Crippen LogP contribution in [0.2, 0.25) is 0 Å². The summed E-state index contributed by atoms with van der Waals surface area (Å²) >= 11 is 0. The van der Waals surface area contributed by atoms with Gasteiger partial charge in [0, 0.05) is 0 Å². The van der Waals surface area contributed by atoms with Crippen molar-refractivity contribution in [3.8, 4) is 5.88 Å². The van der Waals surface area contributed by atoms with Crippen LogP contribution in [0.1, 0.15) is 12.8 Å². The van der Waals surface area contributed by atoms with Crippen molar-refractivity contribution in [3.05, 3.63) is 30.5 Å². The zero-order valence-corrected chi connectivity index (χ0v) is 11.5. The Morgan fingerprint density at radius 1 is 1.16 bits per heavy atom. The molecule has 1 aliphatic rings. The van der Waals surface area contributed by atoms with Crippen molar-refractivity contribution in [1.82, 2.24) is 15.3 Å². The molecular formula is C14H18ClN3O. The van der Waals surface area contributed by atoms with Crippen LogP contribution in [-0.4, -0.2) is 29.7 Å². The van der Waals surface area contributed by atoms with Gasteiger partial charge in [-0.25, -0.2) is 9.97 Å². The predicted octanol–water partition coefficient (Wildman–Crippen LogP) is 2.43. The zero-order valence-electron chi connectivity index (χ0n) is 10.7. The van der Waals surface area contributed by atoms with Gasteiger partial charge in [-0.05, 0) is 44.0 Å². The Kier molecular flexibility index (Phi) is 4.93. The van der Waals surface area contributed by atoms with Gasteiger partial charge in [0.05, 0.1) is 23.8 Å². The second-order valence-corrected chi connectivity index (χ2v) is 4.70. The lowest BCUT2D eigenvalue weighted by atomic mass is 9.99. The fourth-order valence-electron chi connectivity index (χ4n) is 2.26.